The quantitative estimate of drug-likeness (QED) is 0.384. The van der Waals surface area contributed by atoms with Gasteiger partial charge in [-0.15, -0.1) is 0 Å². The summed E-state index contributed by atoms with van der Waals surface area (Å²) in [6.07, 6.45) is 14.7. The van der Waals surface area contributed by atoms with Crippen LogP contribution >= 0.6 is 0 Å². The molecule has 4 N–H and O–H groups in total. The predicted octanol–water partition coefficient (Wildman–Crippen LogP) is 4.21. The van der Waals surface area contributed by atoms with Gasteiger partial charge in [0, 0.05) is 0 Å². The zero-order valence-electron chi connectivity index (χ0n) is 16.6. The highest BCUT2D eigenvalue weighted by Crippen LogP contribution is 2.16. The average Bonchev–Trinajstić information content (AvgIpc) is 2.68. The van der Waals surface area contributed by atoms with E-state index in [-0.39, 0.29) is 19.8 Å². The Morgan fingerprint density at radius 3 is 1.81 bits per heavy atom. The number of aliphatic hydroxyl groups excluding tert-OH is 2. The molecule has 0 bridgehead atoms. The molecule has 1 rings (SSSR count). The van der Waals surface area contributed by atoms with Crippen LogP contribution in [-0.4, -0.2) is 35.6 Å². The van der Waals surface area contributed by atoms with Gasteiger partial charge < -0.3 is 20.7 Å². The van der Waals surface area contributed by atoms with Crippen molar-refractivity contribution in [3.8, 4) is 5.75 Å². The molecule has 150 valence electrons. The maximum Gasteiger partial charge on any atom is 0.119 e. The minimum Gasteiger partial charge on any atom is -0.491 e. The summed E-state index contributed by atoms with van der Waals surface area (Å²) in [5, 5.41) is 18.3. The molecule has 0 unspecified atom stereocenters. The minimum absolute atomic E-state index is 0.0950. The minimum atomic E-state index is -1.09. The Labute approximate surface area is 159 Å². The Balaban J connectivity index is 2.10. The van der Waals surface area contributed by atoms with E-state index in [4.69, 9.17) is 20.7 Å². The van der Waals surface area contributed by atoms with E-state index in [1.165, 1.54) is 69.8 Å². The van der Waals surface area contributed by atoms with E-state index in [9.17, 15) is 0 Å². The number of rotatable bonds is 16. The lowest BCUT2D eigenvalue weighted by atomic mass is 10.0. The fourth-order valence-electron chi connectivity index (χ4n) is 2.94. The summed E-state index contributed by atoms with van der Waals surface area (Å²) in [6, 6.07) is 8.03. The third-order valence-corrected chi connectivity index (χ3v) is 4.90. The first-order chi connectivity index (χ1) is 12.6. The topological polar surface area (TPSA) is 75.7 Å². The van der Waals surface area contributed by atoms with Gasteiger partial charge in [-0.2, -0.15) is 0 Å². The number of hydrogen-bond donors (Lipinski definition) is 3. The number of aryl methyl sites for hydroxylation is 1. The van der Waals surface area contributed by atoms with Crippen LogP contribution in [0.1, 0.15) is 76.7 Å². The third kappa shape index (κ3) is 10.1. The highest BCUT2D eigenvalue weighted by molar-refractivity contribution is 5.27. The maximum atomic E-state index is 9.17. The van der Waals surface area contributed by atoms with E-state index in [0.29, 0.717) is 5.75 Å². The lowest BCUT2D eigenvalue weighted by Crippen LogP contribution is -2.52. The van der Waals surface area contributed by atoms with Gasteiger partial charge in [0.05, 0.1) is 18.8 Å². The van der Waals surface area contributed by atoms with Crippen LogP contribution in [0.5, 0.6) is 5.75 Å². The maximum absolute atomic E-state index is 9.17. The van der Waals surface area contributed by atoms with E-state index in [0.717, 1.165) is 6.42 Å². The first-order valence-electron chi connectivity index (χ1n) is 10.4. The average molecular weight is 366 g/mol. The molecule has 1 aromatic carbocycles. The normalized spacial score (nSPS) is 11.7. The van der Waals surface area contributed by atoms with Gasteiger partial charge in [0.15, 0.2) is 0 Å². The van der Waals surface area contributed by atoms with Crippen LogP contribution in [0, 0.1) is 0 Å². The summed E-state index contributed by atoms with van der Waals surface area (Å²) in [7, 11) is 0. The van der Waals surface area contributed by atoms with Crippen molar-refractivity contribution >= 4 is 0 Å². The van der Waals surface area contributed by atoms with E-state index >= 15 is 0 Å². The second-order valence-corrected chi connectivity index (χ2v) is 7.54. The number of unbranched alkanes of at least 4 members (excludes halogenated alkanes) is 9. The van der Waals surface area contributed by atoms with E-state index in [2.05, 4.69) is 19.1 Å². The van der Waals surface area contributed by atoms with Crippen molar-refractivity contribution in [1.29, 1.82) is 0 Å². The van der Waals surface area contributed by atoms with Gasteiger partial charge >= 0.3 is 0 Å². The SMILES string of the molecule is CCCCCCCCCCCCc1ccc(OCC(N)(CO)CO)cc1. The monoisotopic (exact) mass is 365 g/mol. The van der Waals surface area contributed by atoms with Gasteiger partial charge in [0.25, 0.3) is 0 Å². The molecule has 0 saturated heterocycles. The molecular formula is C22H39NO3. The first-order valence-corrected chi connectivity index (χ1v) is 10.4. The molecular weight excluding hydrogens is 326 g/mol. The molecule has 0 aromatic heterocycles. The Morgan fingerprint density at radius 1 is 0.808 bits per heavy atom. The summed E-state index contributed by atoms with van der Waals surface area (Å²) in [4.78, 5) is 0. The highest BCUT2D eigenvalue weighted by Gasteiger charge is 2.24. The van der Waals surface area contributed by atoms with Crippen LogP contribution in [0.3, 0.4) is 0 Å². The Morgan fingerprint density at radius 2 is 1.31 bits per heavy atom. The van der Waals surface area contributed by atoms with Crippen molar-refractivity contribution in [2.24, 2.45) is 5.73 Å². The predicted molar refractivity (Wildman–Crippen MR) is 109 cm³/mol. The molecule has 0 saturated carbocycles. The summed E-state index contributed by atoms with van der Waals surface area (Å²) in [5.41, 5.74) is 6.03. The third-order valence-electron chi connectivity index (χ3n) is 4.90. The molecule has 0 radical (unpaired) electrons. The van der Waals surface area contributed by atoms with Crippen LogP contribution in [-0.2, 0) is 6.42 Å². The molecule has 0 fully saturated rings. The number of ether oxygens (including phenoxy) is 1. The van der Waals surface area contributed by atoms with Crippen molar-refractivity contribution < 1.29 is 14.9 Å². The molecule has 26 heavy (non-hydrogen) atoms. The van der Waals surface area contributed by atoms with Crippen molar-refractivity contribution in [3.05, 3.63) is 29.8 Å². The van der Waals surface area contributed by atoms with Crippen LogP contribution in [0.15, 0.2) is 24.3 Å². The Bertz CT molecular complexity index is 443. The number of hydrogen-bond acceptors (Lipinski definition) is 4. The standard InChI is InChI=1S/C22H39NO3/c1-2-3-4-5-6-7-8-9-10-11-12-20-13-15-21(16-14-20)26-19-22(23,17-24)18-25/h13-16,24-25H,2-12,17-19,23H2,1H3. The first kappa shape index (κ1) is 22.9. The molecule has 0 amide bonds. The van der Waals surface area contributed by atoms with E-state index in [1.54, 1.807) is 0 Å². The lowest BCUT2D eigenvalue weighted by Gasteiger charge is -2.24. The summed E-state index contributed by atoms with van der Waals surface area (Å²) < 4.78 is 5.57. The van der Waals surface area contributed by atoms with Crippen LogP contribution in [0.4, 0.5) is 0 Å². The van der Waals surface area contributed by atoms with Gasteiger partial charge in [-0.05, 0) is 30.5 Å². The van der Waals surface area contributed by atoms with Crippen LogP contribution in [0.2, 0.25) is 0 Å². The van der Waals surface area contributed by atoms with Crippen molar-refractivity contribution in [2.45, 2.75) is 83.1 Å². The van der Waals surface area contributed by atoms with Crippen LogP contribution in [0.25, 0.3) is 0 Å². The molecule has 0 aliphatic rings. The number of aliphatic hydroxyl groups is 2. The van der Waals surface area contributed by atoms with Crippen molar-refractivity contribution in [2.75, 3.05) is 19.8 Å². The zero-order valence-corrected chi connectivity index (χ0v) is 16.6. The van der Waals surface area contributed by atoms with Crippen LogP contribution < -0.4 is 10.5 Å². The van der Waals surface area contributed by atoms with Crippen molar-refractivity contribution in [3.63, 3.8) is 0 Å². The summed E-state index contributed by atoms with van der Waals surface area (Å²) in [6.45, 7) is 1.75. The zero-order chi connectivity index (χ0) is 19.1. The smallest absolute Gasteiger partial charge is 0.119 e. The molecule has 0 spiro atoms. The molecule has 4 nitrogen and oxygen atoms in total. The van der Waals surface area contributed by atoms with Gasteiger partial charge in [0.1, 0.15) is 12.4 Å². The largest absolute Gasteiger partial charge is 0.491 e. The fourth-order valence-corrected chi connectivity index (χ4v) is 2.94. The second-order valence-electron chi connectivity index (χ2n) is 7.54. The molecule has 0 atom stereocenters. The molecule has 0 heterocycles. The van der Waals surface area contributed by atoms with Gasteiger partial charge in [-0.3, -0.25) is 0 Å². The van der Waals surface area contributed by atoms with Crippen molar-refractivity contribution in [1.82, 2.24) is 0 Å². The van der Waals surface area contributed by atoms with Gasteiger partial charge in [-0.1, -0.05) is 76.8 Å². The summed E-state index contributed by atoms with van der Waals surface area (Å²) >= 11 is 0. The lowest BCUT2D eigenvalue weighted by molar-refractivity contribution is 0.0785. The number of benzene rings is 1. The fraction of sp³-hybridized carbons (Fsp3) is 0.727. The highest BCUT2D eigenvalue weighted by atomic mass is 16.5. The summed E-state index contributed by atoms with van der Waals surface area (Å²) in [5.74, 6) is 0.716. The molecule has 0 aliphatic heterocycles. The molecule has 1 aromatic rings. The Hall–Kier alpha value is -1.10. The molecule has 0 aliphatic carbocycles. The molecule has 4 heteroatoms. The van der Waals surface area contributed by atoms with E-state index < -0.39 is 5.54 Å². The number of nitrogens with two attached hydrogens (primary N) is 1. The second kappa shape index (κ2) is 14.0. The van der Waals surface area contributed by atoms with Gasteiger partial charge in [-0.25, -0.2) is 0 Å². The Kier molecular flexibility index (Phi) is 12.4. The van der Waals surface area contributed by atoms with Gasteiger partial charge in [0.2, 0.25) is 0 Å². The van der Waals surface area contributed by atoms with E-state index in [1.807, 2.05) is 12.1 Å².